The number of carbonyl (C=O) groups excluding carboxylic acids is 1. The van der Waals surface area contributed by atoms with Crippen molar-refractivity contribution < 1.29 is 9.53 Å². The Morgan fingerprint density at radius 3 is 2.59 bits per heavy atom. The SMILES string of the molecule is Nc1nc(-c2ccc(C(=O)OCc3ccccc3)cn2)cs1. The highest BCUT2D eigenvalue weighted by Crippen LogP contribution is 2.21. The van der Waals surface area contributed by atoms with Gasteiger partial charge in [-0.2, -0.15) is 0 Å². The van der Waals surface area contributed by atoms with E-state index in [1.165, 1.54) is 17.5 Å². The van der Waals surface area contributed by atoms with Gasteiger partial charge in [0.2, 0.25) is 0 Å². The van der Waals surface area contributed by atoms with Crippen LogP contribution in [0.4, 0.5) is 5.13 Å². The van der Waals surface area contributed by atoms with Gasteiger partial charge in [-0.05, 0) is 17.7 Å². The molecule has 0 atom stereocenters. The minimum Gasteiger partial charge on any atom is -0.457 e. The van der Waals surface area contributed by atoms with Gasteiger partial charge < -0.3 is 10.5 Å². The van der Waals surface area contributed by atoms with Crippen LogP contribution < -0.4 is 5.73 Å². The number of ether oxygens (including phenoxy) is 1. The number of benzene rings is 1. The van der Waals surface area contributed by atoms with Gasteiger partial charge in [0, 0.05) is 11.6 Å². The smallest absolute Gasteiger partial charge is 0.340 e. The summed E-state index contributed by atoms with van der Waals surface area (Å²) < 4.78 is 5.25. The van der Waals surface area contributed by atoms with E-state index in [1.54, 1.807) is 12.1 Å². The summed E-state index contributed by atoms with van der Waals surface area (Å²) in [5.41, 5.74) is 8.32. The second-order valence-electron chi connectivity index (χ2n) is 4.56. The Kier molecular flexibility index (Phi) is 4.11. The third-order valence-corrected chi connectivity index (χ3v) is 3.67. The summed E-state index contributed by atoms with van der Waals surface area (Å²) in [6.07, 6.45) is 1.48. The average molecular weight is 311 g/mol. The Bertz CT molecular complexity index is 770. The van der Waals surface area contributed by atoms with Crippen LogP contribution in [0.5, 0.6) is 0 Å². The number of hydrogen-bond acceptors (Lipinski definition) is 6. The summed E-state index contributed by atoms with van der Waals surface area (Å²) in [5, 5.41) is 2.31. The van der Waals surface area contributed by atoms with Crippen LogP contribution in [0.15, 0.2) is 54.0 Å². The molecule has 0 saturated carbocycles. The Morgan fingerprint density at radius 1 is 1.14 bits per heavy atom. The van der Waals surface area contributed by atoms with Gasteiger partial charge in [-0.3, -0.25) is 4.98 Å². The first-order valence-corrected chi connectivity index (χ1v) is 7.49. The van der Waals surface area contributed by atoms with Crippen molar-refractivity contribution in [1.82, 2.24) is 9.97 Å². The number of hydrogen-bond donors (Lipinski definition) is 1. The molecular weight excluding hydrogens is 298 g/mol. The van der Waals surface area contributed by atoms with Crippen molar-refractivity contribution in [2.24, 2.45) is 0 Å². The van der Waals surface area contributed by atoms with E-state index in [4.69, 9.17) is 10.5 Å². The van der Waals surface area contributed by atoms with Gasteiger partial charge in [-0.1, -0.05) is 30.3 Å². The first-order valence-electron chi connectivity index (χ1n) is 6.61. The molecule has 0 spiro atoms. The lowest BCUT2D eigenvalue weighted by Crippen LogP contribution is -2.05. The molecule has 0 aliphatic carbocycles. The molecule has 2 heterocycles. The molecule has 0 saturated heterocycles. The molecule has 0 unspecified atom stereocenters. The number of nitrogen functional groups attached to an aromatic ring is 1. The highest BCUT2D eigenvalue weighted by atomic mass is 32.1. The third kappa shape index (κ3) is 3.29. The predicted octanol–water partition coefficient (Wildman–Crippen LogP) is 3.14. The van der Waals surface area contributed by atoms with E-state index in [2.05, 4.69) is 9.97 Å². The van der Waals surface area contributed by atoms with Gasteiger partial charge in [-0.15, -0.1) is 11.3 Å². The summed E-state index contributed by atoms with van der Waals surface area (Å²) in [4.78, 5) is 20.3. The highest BCUT2D eigenvalue weighted by molar-refractivity contribution is 7.13. The summed E-state index contributed by atoms with van der Waals surface area (Å²) in [7, 11) is 0. The van der Waals surface area contributed by atoms with E-state index in [-0.39, 0.29) is 6.61 Å². The zero-order valence-electron chi connectivity index (χ0n) is 11.6. The Hall–Kier alpha value is -2.73. The number of rotatable bonds is 4. The van der Waals surface area contributed by atoms with E-state index < -0.39 is 5.97 Å². The summed E-state index contributed by atoms with van der Waals surface area (Å²) >= 11 is 1.35. The van der Waals surface area contributed by atoms with Gasteiger partial charge in [0.25, 0.3) is 0 Å². The molecule has 0 aliphatic heterocycles. The van der Waals surface area contributed by atoms with Gasteiger partial charge in [0.15, 0.2) is 5.13 Å². The molecule has 110 valence electrons. The number of carbonyl (C=O) groups is 1. The van der Waals surface area contributed by atoms with Crippen molar-refractivity contribution in [2.75, 3.05) is 5.73 Å². The lowest BCUT2D eigenvalue weighted by Gasteiger charge is -2.05. The van der Waals surface area contributed by atoms with Crippen LogP contribution in [0, 0.1) is 0 Å². The number of thiazole rings is 1. The van der Waals surface area contributed by atoms with Crippen LogP contribution in [0.1, 0.15) is 15.9 Å². The third-order valence-electron chi connectivity index (χ3n) is 3.00. The molecule has 3 rings (SSSR count). The molecule has 2 N–H and O–H groups in total. The monoisotopic (exact) mass is 311 g/mol. The number of nitrogens with two attached hydrogens (primary N) is 1. The van der Waals surface area contributed by atoms with E-state index in [0.29, 0.717) is 22.1 Å². The molecule has 2 aromatic heterocycles. The molecule has 22 heavy (non-hydrogen) atoms. The standard InChI is InChI=1S/C16H13N3O2S/c17-16-19-14(10-22-16)13-7-6-12(8-18-13)15(20)21-9-11-4-2-1-3-5-11/h1-8,10H,9H2,(H2,17,19). The number of pyridine rings is 1. The van der Waals surface area contributed by atoms with Gasteiger partial charge in [0.1, 0.15) is 12.3 Å². The lowest BCUT2D eigenvalue weighted by atomic mass is 10.2. The Balaban J connectivity index is 1.66. The van der Waals surface area contributed by atoms with Crippen molar-refractivity contribution in [2.45, 2.75) is 6.61 Å². The average Bonchev–Trinajstić information content (AvgIpc) is 3.00. The van der Waals surface area contributed by atoms with Crippen molar-refractivity contribution in [3.8, 4) is 11.4 Å². The van der Waals surface area contributed by atoms with E-state index in [0.717, 1.165) is 5.56 Å². The van der Waals surface area contributed by atoms with Crippen molar-refractivity contribution in [3.05, 3.63) is 65.2 Å². The second kappa shape index (κ2) is 6.36. The molecule has 0 bridgehead atoms. The zero-order valence-corrected chi connectivity index (χ0v) is 12.4. The number of aromatic nitrogens is 2. The maximum absolute atomic E-state index is 12.0. The summed E-state index contributed by atoms with van der Waals surface area (Å²) in [5.74, 6) is -0.402. The normalized spacial score (nSPS) is 10.4. The number of nitrogens with zero attached hydrogens (tertiary/aromatic N) is 2. The quantitative estimate of drug-likeness (QED) is 0.749. The van der Waals surface area contributed by atoms with Crippen molar-refractivity contribution >= 4 is 22.4 Å². The minimum absolute atomic E-state index is 0.240. The molecule has 0 radical (unpaired) electrons. The number of anilines is 1. The first-order chi connectivity index (χ1) is 10.7. The van der Waals surface area contributed by atoms with Crippen LogP contribution >= 0.6 is 11.3 Å². The van der Waals surface area contributed by atoms with Crippen LogP contribution in [0.2, 0.25) is 0 Å². The molecule has 3 aromatic rings. The molecule has 6 heteroatoms. The second-order valence-corrected chi connectivity index (χ2v) is 5.45. The molecule has 5 nitrogen and oxygen atoms in total. The lowest BCUT2D eigenvalue weighted by molar-refractivity contribution is 0.0472. The van der Waals surface area contributed by atoms with E-state index in [1.807, 2.05) is 35.7 Å². The van der Waals surface area contributed by atoms with Crippen molar-refractivity contribution in [3.63, 3.8) is 0 Å². The molecular formula is C16H13N3O2S. The van der Waals surface area contributed by atoms with Gasteiger partial charge >= 0.3 is 5.97 Å². The summed E-state index contributed by atoms with van der Waals surface area (Å²) in [6.45, 7) is 0.240. The van der Waals surface area contributed by atoms with Crippen molar-refractivity contribution in [1.29, 1.82) is 0 Å². The topological polar surface area (TPSA) is 78.1 Å². The van der Waals surface area contributed by atoms with Crippen LogP contribution in [0.25, 0.3) is 11.4 Å². The molecule has 0 aliphatic rings. The Labute approximate surface area is 131 Å². The van der Waals surface area contributed by atoms with Crippen LogP contribution in [0.3, 0.4) is 0 Å². The zero-order chi connectivity index (χ0) is 15.4. The minimum atomic E-state index is -0.402. The Morgan fingerprint density at radius 2 is 1.95 bits per heavy atom. The molecule has 1 aromatic carbocycles. The molecule has 0 amide bonds. The maximum Gasteiger partial charge on any atom is 0.340 e. The fourth-order valence-electron chi connectivity index (χ4n) is 1.88. The first kappa shape index (κ1) is 14.2. The van der Waals surface area contributed by atoms with Crippen LogP contribution in [-0.4, -0.2) is 15.9 Å². The van der Waals surface area contributed by atoms with Crippen LogP contribution in [-0.2, 0) is 11.3 Å². The number of esters is 1. The fraction of sp³-hybridized carbons (Fsp3) is 0.0625. The highest BCUT2D eigenvalue weighted by Gasteiger charge is 2.10. The maximum atomic E-state index is 12.0. The molecule has 0 fully saturated rings. The largest absolute Gasteiger partial charge is 0.457 e. The predicted molar refractivity (Wildman–Crippen MR) is 85.3 cm³/mol. The van der Waals surface area contributed by atoms with E-state index in [9.17, 15) is 4.79 Å². The van der Waals surface area contributed by atoms with Gasteiger partial charge in [0.05, 0.1) is 11.3 Å². The fourth-order valence-corrected chi connectivity index (χ4v) is 2.43. The van der Waals surface area contributed by atoms with Gasteiger partial charge in [-0.25, -0.2) is 9.78 Å². The summed E-state index contributed by atoms with van der Waals surface area (Å²) in [6, 6.07) is 12.9. The van der Waals surface area contributed by atoms with E-state index >= 15 is 0 Å².